The molecule has 0 aliphatic carbocycles. The van der Waals surface area contributed by atoms with E-state index in [1.165, 1.54) is 0 Å². The number of halogens is 2. The van der Waals surface area contributed by atoms with Crippen molar-refractivity contribution in [1.29, 1.82) is 0 Å². The molecule has 0 aromatic heterocycles. The third-order valence-corrected chi connectivity index (χ3v) is 2.75. The summed E-state index contributed by atoms with van der Waals surface area (Å²) in [4.78, 5) is 13.5. The van der Waals surface area contributed by atoms with Gasteiger partial charge in [-0.05, 0) is 47.7 Å². The Hall–Kier alpha value is -0.290. The highest BCUT2D eigenvalue weighted by molar-refractivity contribution is 14.1. The molecule has 0 aliphatic rings. The van der Waals surface area contributed by atoms with Gasteiger partial charge in [0.15, 0.2) is 0 Å². The highest BCUT2D eigenvalue weighted by Gasteiger charge is 2.13. The van der Waals surface area contributed by atoms with Crippen molar-refractivity contribution < 1.29 is 4.79 Å². The number of nitrogens with zero attached hydrogens (tertiary/aromatic N) is 1. The van der Waals surface area contributed by atoms with E-state index >= 15 is 0 Å². The Labute approximate surface area is 109 Å². The van der Waals surface area contributed by atoms with Gasteiger partial charge >= 0.3 is 0 Å². The van der Waals surface area contributed by atoms with Crippen LogP contribution in [0.5, 0.6) is 0 Å². The van der Waals surface area contributed by atoms with Crippen LogP contribution >= 0.6 is 34.2 Å². The summed E-state index contributed by atoms with van der Waals surface area (Å²) < 4.78 is 1.06. The summed E-state index contributed by atoms with van der Waals surface area (Å²) in [5.41, 5.74) is 0.710. The minimum Gasteiger partial charge on any atom is -0.340 e. The monoisotopic (exact) mass is 337 g/mol. The quantitative estimate of drug-likeness (QED) is 0.613. The summed E-state index contributed by atoms with van der Waals surface area (Å²) in [6, 6.07) is 7.53. The Morgan fingerprint density at radius 3 is 2.80 bits per heavy atom. The topological polar surface area (TPSA) is 20.3 Å². The highest BCUT2D eigenvalue weighted by atomic mass is 127. The average molecular weight is 338 g/mol. The van der Waals surface area contributed by atoms with E-state index < -0.39 is 0 Å². The maximum absolute atomic E-state index is 11.9. The number of alkyl halides is 1. The molecule has 0 saturated carbocycles. The normalized spacial score (nSPS) is 12.3. The number of benzene rings is 1. The number of rotatable bonds is 3. The van der Waals surface area contributed by atoms with Crippen LogP contribution in [0.2, 0.25) is 0 Å². The number of carbonyl (C=O) groups is 1. The molecule has 0 spiro atoms. The van der Waals surface area contributed by atoms with Crippen molar-refractivity contribution in [3.8, 4) is 0 Å². The van der Waals surface area contributed by atoms with Crippen LogP contribution in [0.25, 0.3) is 0 Å². The number of amides is 1. The summed E-state index contributed by atoms with van der Waals surface area (Å²) in [7, 11) is 1.76. The first kappa shape index (κ1) is 12.8. The number of carbonyl (C=O) groups excluding carboxylic acids is 1. The molecule has 15 heavy (non-hydrogen) atoms. The third-order valence-electron chi connectivity index (χ3n) is 1.94. The van der Waals surface area contributed by atoms with E-state index in [1.54, 1.807) is 11.9 Å². The van der Waals surface area contributed by atoms with Gasteiger partial charge in [-0.2, -0.15) is 0 Å². The standard InChI is InChI=1S/C11H13ClINO/c1-8(12)7-14(2)11(15)9-4-3-5-10(13)6-9/h3-6,8H,7H2,1-2H3. The SMILES string of the molecule is CC(Cl)CN(C)C(=O)c1cccc(I)c1. The first-order valence-electron chi connectivity index (χ1n) is 4.66. The molecule has 2 nitrogen and oxygen atoms in total. The van der Waals surface area contributed by atoms with Gasteiger partial charge in [-0.25, -0.2) is 0 Å². The molecule has 82 valence electrons. The van der Waals surface area contributed by atoms with Crippen molar-refractivity contribution in [1.82, 2.24) is 4.90 Å². The molecule has 1 rings (SSSR count). The van der Waals surface area contributed by atoms with Gasteiger partial charge in [-0.1, -0.05) is 6.07 Å². The summed E-state index contributed by atoms with van der Waals surface area (Å²) in [5.74, 6) is 0.0148. The molecule has 1 aromatic rings. The Bertz CT molecular complexity index is 354. The zero-order valence-electron chi connectivity index (χ0n) is 8.71. The predicted octanol–water partition coefficient (Wildman–Crippen LogP) is 2.99. The van der Waals surface area contributed by atoms with E-state index in [0.29, 0.717) is 12.1 Å². The zero-order chi connectivity index (χ0) is 11.4. The molecular formula is C11H13ClINO. The van der Waals surface area contributed by atoms with E-state index in [-0.39, 0.29) is 11.3 Å². The lowest BCUT2D eigenvalue weighted by Crippen LogP contribution is -2.31. The van der Waals surface area contributed by atoms with Crippen LogP contribution in [0.3, 0.4) is 0 Å². The second-order valence-corrected chi connectivity index (χ2v) is 5.47. The summed E-state index contributed by atoms with van der Waals surface area (Å²) >= 11 is 8.03. The molecule has 0 saturated heterocycles. The van der Waals surface area contributed by atoms with Crippen molar-refractivity contribution in [3.63, 3.8) is 0 Å². The first-order chi connectivity index (χ1) is 7.00. The molecule has 0 fully saturated rings. The predicted molar refractivity (Wildman–Crippen MR) is 71.4 cm³/mol. The lowest BCUT2D eigenvalue weighted by molar-refractivity contribution is 0.0796. The fourth-order valence-corrected chi connectivity index (χ4v) is 2.05. The second-order valence-electron chi connectivity index (χ2n) is 3.48. The summed E-state index contributed by atoms with van der Waals surface area (Å²) in [6.07, 6.45) is 0. The molecule has 1 amide bonds. The highest BCUT2D eigenvalue weighted by Crippen LogP contribution is 2.10. The molecule has 4 heteroatoms. The van der Waals surface area contributed by atoms with Gasteiger partial charge in [0.05, 0.1) is 0 Å². The molecule has 1 unspecified atom stereocenters. The van der Waals surface area contributed by atoms with Crippen LogP contribution < -0.4 is 0 Å². The molecule has 0 heterocycles. The van der Waals surface area contributed by atoms with Crippen molar-refractivity contribution in [2.24, 2.45) is 0 Å². The molecule has 0 aliphatic heterocycles. The lowest BCUT2D eigenvalue weighted by atomic mass is 10.2. The minimum atomic E-state index is -0.0262. The maximum Gasteiger partial charge on any atom is 0.253 e. The molecule has 1 atom stereocenters. The van der Waals surface area contributed by atoms with Crippen molar-refractivity contribution in [2.45, 2.75) is 12.3 Å². The van der Waals surface area contributed by atoms with Gasteiger partial charge in [-0.15, -0.1) is 11.6 Å². The fraction of sp³-hybridized carbons (Fsp3) is 0.364. The Balaban J connectivity index is 2.76. The summed E-state index contributed by atoms with van der Waals surface area (Å²) in [6.45, 7) is 2.44. The molecule has 1 aromatic carbocycles. The number of hydrogen-bond acceptors (Lipinski definition) is 1. The Morgan fingerprint density at radius 1 is 1.60 bits per heavy atom. The third kappa shape index (κ3) is 3.99. The van der Waals surface area contributed by atoms with Gasteiger partial charge in [-0.3, -0.25) is 4.79 Å². The Morgan fingerprint density at radius 2 is 2.27 bits per heavy atom. The summed E-state index contributed by atoms with van der Waals surface area (Å²) in [5, 5.41) is -0.0262. The van der Waals surface area contributed by atoms with Crippen molar-refractivity contribution >= 4 is 40.1 Å². The van der Waals surface area contributed by atoms with Crippen LogP contribution in [0, 0.1) is 3.57 Å². The van der Waals surface area contributed by atoms with Crippen molar-refractivity contribution in [2.75, 3.05) is 13.6 Å². The smallest absolute Gasteiger partial charge is 0.253 e. The van der Waals surface area contributed by atoms with Crippen LogP contribution in [0.4, 0.5) is 0 Å². The van der Waals surface area contributed by atoms with E-state index in [2.05, 4.69) is 22.6 Å². The van der Waals surface area contributed by atoms with Crippen molar-refractivity contribution in [3.05, 3.63) is 33.4 Å². The van der Waals surface area contributed by atoms with Crippen LogP contribution in [0.1, 0.15) is 17.3 Å². The lowest BCUT2D eigenvalue weighted by Gasteiger charge is -2.18. The van der Waals surface area contributed by atoms with Crippen LogP contribution in [-0.2, 0) is 0 Å². The molecule has 0 bridgehead atoms. The largest absolute Gasteiger partial charge is 0.340 e. The fourth-order valence-electron chi connectivity index (χ4n) is 1.30. The van der Waals surface area contributed by atoms with E-state index in [9.17, 15) is 4.79 Å². The molecule has 0 radical (unpaired) electrons. The first-order valence-corrected chi connectivity index (χ1v) is 6.17. The molecular weight excluding hydrogens is 324 g/mol. The van der Waals surface area contributed by atoms with E-state index in [1.807, 2.05) is 31.2 Å². The van der Waals surface area contributed by atoms with Crippen LogP contribution in [-0.4, -0.2) is 29.8 Å². The van der Waals surface area contributed by atoms with E-state index in [0.717, 1.165) is 3.57 Å². The van der Waals surface area contributed by atoms with Gasteiger partial charge in [0.1, 0.15) is 0 Å². The van der Waals surface area contributed by atoms with E-state index in [4.69, 9.17) is 11.6 Å². The second kappa shape index (κ2) is 5.70. The van der Waals surface area contributed by atoms with Crippen LogP contribution in [0.15, 0.2) is 24.3 Å². The van der Waals surface area contributed by atoms with Gasteiger partial charge in [0, 0.05) is 28.1 Å². The van der Waals surface area contributed by atoms with Gasteiger partial charge in [0.2, 0.25) is 0 Å². The van der Waals surface area contributed by atoms with Gasteiger partial charge < -0.3 is 4.90 Å². The minimum absolute atomic E-state index is 0.0148. The zero-order valence-corrected chi connectivity index (χ0v) is 11.6. The average Bonchev–Trinajstić information content (AvgIpc) is 2.15. The molecule has 0 N–H and O–H groups in total. The number of hydrogen-bond donors (Lipinski definition) is 0. The van der Waals surface area contributed by atoms with Gasteiger partial charge in [0.25, 0.3) is 5.91 Å². The maximum atomic E-state index is 11.9. The Kier molecular flexibility index (Phi) is 4.86.